The Kier molecular flexibility index (Phi) is 5.53. The topological polar surface area (TPSA) is 81.7 Å². The van der Waals surface area contributed by atoms with Crippen LogP contribution in [0.25, 0.3) is 0 Å². The summed E-state index contributed by atoms with van der Waals surface area (Å²) in [4.78, 5) is 33.9. The van der Waals surface area contributed by atoms with E-state index in [0.717, 1.165) is 7.11 Å². The lowest BCUT2D eigenvalue weighted by atomic mass is 10.0. The van der Waals surface area contributed by atoms with Crippen LogP contribution in [0.5, 0.6) is 0 Å². The molecular formula is C13H15NO5. The first-order chi connectivity index (χ1) is 9.08. The Hall–Kier alpha value is -2.37. The molecule has 0 aliphatic carbocycles. The minimum absolute atomic E-state index is 0.189. The van der Waals surface area contributed by atoms with Crippen molar-refractivity contribution in [3.63, 3.8) is 0 Å². The number of amides is 1. The van der Waals surface area contributed by atoms with Gasteiger partial charge in [0, 0.05) is 6.42 Å². The molecule has 19 heavy (non-hydrogen) atoms. The fraction of sp³-hybridized carbons (Fsp3) is 0.308. The maximum absolute atomic E-state index is 11.6. The van der Waals surface area contributed by atoms with E-state index in [1.807, 2.05) is 0 Å². The predicted octanol–water partition coefficient (Wildman–Crippen LogP) is 1.22. The number of benzene rings is 1. The molecule has 1 amide bonds. The van der Waals surface area contributed by atoms with Gasteiger partial charge in [0.2, 0.25) is 5.78 Å². The molecule has 6 heteroatoms. The van der Waals surface area contributed by atoms with Crippen LogP contribution in [0.2, 0.25) is 0 Å². The van der Waals surface area contributed by atoms with Crippen LogP contribution < -0.4 is 5.32 Å². The Morgan fingerprint density at radius 3 is 2.26 bits per heavy atom. The summed E-state index contributed by atoms with van der Waals surface area (Å²) in [6, 6.07) is 8.19. The van der Waals surface area contributed by atoms with Crippen LogP contribution >= 0.6 is 0 Å². The van der Waals surface area contributed by atoms with Gasteiger partial charge >= 0.3 is 12.1 Å². The van der Waals surface area contributed by atoms with Gasteiger partial charge in [-0.25, -0.2) is 9.59 Å². The number of ketones is 1. The van der Waals surface area contributed by atoms with Crippen molar-refractivity contribution < 1.29 is 23.9 Å². The maximum Gasteiger partial charge on any atom is 0.407 e. The van der Waals surface area contributed by atoms with E-state index in [9.17, 15) is 14.4 Å². The van der Waals surface area contributed by atoms with Crippen LogP contribution in [0.3, 0.4) is 0 Å². The molecule has 0 aliphatic rings. The van der Waals surface area contributed by atoms with E-state index in [1.54, 1.807) is 30.3 Å². The number of alkyl carbamates (subject to hydrolysis) is 1. The number of nitrogens with one attached hydrogen (secondary N) is 1. The summed E-state index contributed by atoms with van der Waals surface area (Å²) in [5.74, 6) is -1.65. The Bertz CT molecular complexity index is 457. The first-order valence-corrected chi connectivity index (χ1v) is 5.59. The zero-order chi connectivity index (χ0) is 14.3. The van der Waals surface area contributed by atoms with E-state index in [4.69, 9.17) is 0 Å². The molecule has 0 spiro atoms. The summed E-state index contributed by atoms with van der Waals surface area (Å²) in [7, 11) is 2.35. The summed E-state index contributed by atoms with van der Waals surface area (Å²) >= 11 is 0. The van der Waals surface area contributed by atoms with Crippen LogP contribution in [-0.4, -0.2) is 32.1 Å². The van der Waals surface area contributed by atoms with E-state index < -0.39 is 23.9 Å². The molecule has 0 fully saturated rings. The van der Waals surface area contributed by atoms with Crippen LogP contribution in [0.1, 0.15) is 18.0 Å². The average molecular weight is 265 g/mol. The first-order valence-electron chi connectivity index (χ1n) is 5.59. The Balaban J connectivity index is 2.84. The third kappa shape index (κ3) is 4.42. The van der Waals surface area contributed by atoms with E-state index in [-0.39, 0.29) is 6.42 Å². The lowest BCUT2D eigenvalue weighted by Gasteiger charge is -2.17. The Labute approximate surface area is 110 Å². The van der Waals surface area contributed by atoms with Gasteiger partial charge in [-0.2, -0.15) is 0 Å². The summed E-state index contributed by atoms with van der Waals surface area (Å²) in [6.45, 7) is 0. The van der Waals surface area contributed by atoms with Gasteiger partial charge in [0.25, 0.3) is 0 Å². The molecule has 0 bridgehead atoms. The van der Waals surface area contributed by atoms with Gasteiger partial charge in [-0.1, -0.05) is 30.3 Å². The van der Waals surface area contributed by atoms with Crippen molar-refractivity contribution in [2.24, 2.45) is 0 Å². The molecule has 0 saturated carbocycles. The normalized spacial score (nSPS) is 11.3. The molecule has 1 aromatic rings. The molecule has 0 unspecified atom stereocenters. The number of ether oxygens (including phenoxy) is 2. The number of Topliss-reactive ketones (excluding diaryl/α,β-unsaturated/α-hetero) is 1. The SMILES string of the molecule is COC(=O)N[C@H](CC(=O)C(=O)OC)c1ccccc1. The standard InChI is InChI=1S/C13H15NO5/c1-18-12(16)11(15)8-10(14-13(17)19-2)9-6-4-3-5-7-9/h3-7,10H,8H2,1-2H3,(H,14,17)/t10-/m1/s1. The van der Waals surface area contributed by atoms with E-state index in [1.165, 1.54) is 7.11 Å². The minimum Gasteiger partial charge on any atom is -0.463 e. The van der Waals surface area contributed by atoms with Gasteiger partial charge in [-0.15, -0.1) is 0 Å². The van der Waals surface area contributed by atoms with Crippen molar-refractivity contribution in [3.8, 4) is 0 Å². The van der Waals surface area contributed by atoms with E-state index in [2.05, 4.69) is 14.8 Å². The molecule has 0 saturated heterocycles. The van der Waals surface area contributed by atoms with Gasteiger partial charge in [0.15, 0.2) is 0 Å². The maximum atomic E-state index is 11.6. The number of methoxy groups -OCH3 is 2. The molecule has 0 heterocycles. The van der Waals surface area contributed by atoms with Gasteiger partial charge < -0.3 is 14.8 Å². The quantitative estimate of drug-likeness (QED) is 0.639. The monoisotopic (exact) mass is 265 g/mol. The number of esters is 1. The van der Waals surface area contributed by atoms with Crippen molar-refractivity contribution in [2.75, 3.05) is 14.2 Å². The molecule has 102 valence electrons. The Morgan fingerprint density at radius 2 is 1.74 bits per heavy atom. The Morgan fingerprint density at radius 1 is 1.11 bits per heavy atom. The summed E-state index contributed by atoms with van der Waals surface area (Å²) in [5.41, 5.74) is 0.699. The van der Waals surface area contributed by atoms with Gasteiger partial charge in [0.05, 0.1) is 20.3 Å². The highest BCUT2D eigenvalue weighted by molar-refractivity contribution is 6.33. The van der Waals surface area contributed by atoms with Crippen LogP contribution in [0.15, 0.2) is 30.3 Å². The van der Waals surface area contributed by atoms with Gasteiger partial charge in [0.1, 0.15) is 0 Å². The smallest absolute Gasteiger partial charge is 0.407 e. The summed E-state index contributed by atoms with van der Waals surface area (Å²) in [5, 5.41) is 2.50. The number of carbonyl (C=O) groups excluding carboxylic acids is 3. The molecular weight excluding hydrogens is 250 g/mol. The highest BCUT2D eigenvalue weighted by Crippen LogP contribution is 2.17. The molecule has 1 N–H and O–H groups in total. The van der Waals surface area contributed by atoms with Crippen molar-refractivity contribution in [2.45, 2.75) is 12.5 Å². The van der Waals surface area contributed by atoms with Crippen LogP contribution in [0, 0.1) is 0 Å². The van der Waals surface area contributed by atoms with Crippen molar-refractivity contribution in [1.29, 1.82) is 0 Å². The average Bonchev–Trinajstić information content (AvgIpc) is 2.46. The third-order valence-corrected chi connectivity index (χ3v) is 2.48. The predicted molar refractivity (Wildman–Crippen MR) is 66.4 cm³/mol. The second kappa shape index (κ2) is 7.15. The number of carbonyl (C=O) groups is 3. The zero-order valence-corrected chi connectivity index (χ0v) is 10.7. The fourth-order valence-corrected chi connectivity index (χ4v) is 1.52. The van der Waals surface area contributed by atoms with Crippen molar-refractivity contribution >= 4 is 17.8 Å². The molecule has 1 rings (SSSR count). The molecule has 0 aromatic heterocycles. The molecule has 0 aliphatic heterocycles. The summed E-state index contributed by atoms with van der Waals surface area (Å²) in [6.07, 6.45) is -0.863. The first kappa shape index (κ1) is 14.7. The minimum atomic E-state index is -0.937. The van der Waals surface area contributed by atoms with Crippen LogP contribution in [-0.2, 0) is 19.1 Å². The second-order valence-electron chi connectivity index (χ2n) is 3.72. The highest BCUT2D eigenvalue weighted by atomic mass is 16.5. The molecule has 1 atom stereocenters. The number of hydrogen-bond donors (Lipinski definition) is 1. The largest absolute Gasteiger partial charge is 0.463 e. The van der Waals surface area contributed by atoms with Crippen molar-refractivity contribution in [1.82, 2.24) is 5.32 Å². The van der Waals surface area contributed by atoms with Crippen molar-refractivity contribution in [3.05, 3.63) is 35.9 Å². The summed E-state index contributed by atoms with van der Waals surface area (Å²) < 4.78 is 8.84. The highest BCUT2D eigenvalue weighted by Gasteiger charge is 2.23. The fourth-order valence-electron chi connectivity index (χ4n) is 1.52. The lowest BCUT2D eigenvalue weighted by molar-refractivity contribution is -0.151. The molecule has 0 radical (unpaired) electrons. The second-order valence-corrected chi connectivity index (χ2v) is 3.72. The number of hydrogen-bond acceptors (Lipinski definition) is 5. The van der Waals surface area contributed by atoms with E-state index >= 15 is 0 Å². The lowest BCUT2D eigenvalue weighted by Crippen LogP contribution is -2.31. The third-order valence-electron chi connectivity index (χ3n) is 2.48. The van der Waals surface area contributed by atoms with E-state index in [0.29, 0.717) is 5.56 Å². The molecule has 6 nitrogen and oxygen atoms in total. The van der Waals surface area contributed by atoms with Gasteiger partial charge in [-0.3, -0.25) is 4.79 Å². The van der Waals surface area contributed by atoms with Gasteiger partial charge in [-0.05, 0) is 5.56 Å². The zero-order valence-electron chi connectivity index (χ0n) is 10.7. The van der Waals surface area contributed by atoms with Crippen LogP contribution in [0.4, 0.5) is 4.79 Å². The number of rotatable bonds is 5. The molecule has 1 aromatic carbocycles.